The van der Waals surface area contributed by atoms with Crippen molar-refractivity contribution in [3.05, 3.63) is 101 Å². The average Bonchev–Trinajstić information content (AvgIpc) is 2.62. The van der Waals surface area contributed by atoms with Crippen LogP contribution in [0.5, 0.6) is 5.75 Å². The summed E-state index contributed by atoms with van der Waals surface area (Å²) in [6.07, 6.45) is 1.74. The predicted molar refractivity (Wildman–Crippen MR) is 95.2 cm³/mol. The Labute approximate surface area is 140 Å². The molecule has 1 N–H and O–H groups in total. The SMILES string of the molecule is Oc1ccc2c(c1)CCC(c1ccc(F)cc1)=C2c1ccccc1. The highest BCUT2D eigenvalue weighted by molar-refractivity contribution is 6.00. The number of aryl methyl sites for hydroxylation is 1. The van der Waals surface area contributed by atoms with Crippen molar-refractivity contribution in [2.75, 3.05) is 0 Å². The Bertz CT molecular complexity index is 908. The molecule has 3 aromatic carbocycles. The summed E-state index contributed by atoms with van der Waals surface area (Å²) >= 11 is 0. The van der Waals surface area contributed by atoms with Crippen LogP contribution in [-0.4, -0.2) is 5.11 Å². The molecule has 1 nitrogen and oxygen atoms in total. The second-order valence-electron chi connectivity index (χ2n) is 6.07. The number of hydrogen-bond donors (Lipinski definition) is 1. The maximum absolute atomic E-state index is 13.3. The van der Waals surface area contributed by atoms with Gasteiger partial charge in [-0.25, -0.2) is 4.39 Å². The van der Waals surface area contributed by atoms with Gasteiger partial charge in [-0.05, 0) is 70.5 Å². The molecule has 1 aliphatic carbocycles. The monoisotopic (exact) mass is 316 g/mol. The summed E-state index contributed by atoms with van der Waals surface area (Å²) in [6, 6.07) is 22.5. The van der Waals surface area contributed by atoms with Crippen molar-refractivity contribution in [1.29, 1.82) is 0 Å². The third kappa shape index (κ3) is 2.61. The van der Waals surface area contributed by atoms with Crippen molar-refractivity contribution >= 4 is 11.1 Å². The fourth-order valence-corrected chi connectivity index (χ4v) is 3.45. The molecule has 0 aromatic heterocycles. The van der Waals surface area contributed by atoms with Crippen LogP contribution in [0.3, 0.4) is 0 Å². The van der Waals surface area contributed by atoms with Crippen LogP contribution >= 0.6 is 0 Å². The first-order chi connectivity index (χ1) is 11.7. The normalized spacial score (nSPS) is 13.7. The van der Waals surface area contributed by atoms with Gasteiger partial charge >= 0.3 is 0 Å². The van der Waals surface area contributed by atoms with Crippen LogP contribution in [0.2, 0.25) is 0 Å². The fraction of sp³-hybridized carbons (Fsp3) is 0.0909. The molecule has 0 amide bonds. The van der Waals surface area contributed by atoms with Gasteiger partial charge in [0.2, 0.25) is 0 Å². The van der Waals surface area contributed by atoms with Crippen LogP contribution in [0.1, 0.15) is 28.7 Å². The van der Waals surface area contributed by atoms with Gasteiger partial charge in [0.25, 0.3) is 0 Å². The van der Waals surface area contributed by atoms with Crippen molar-refractivity contribution in [3.63, 3.8) is 0 Å². The number of hydrogen-bond acceptors (Lipinski definition) is 1. The largest absolute Gasteiger partial charge is 0.508 e. The predicted octanol–water partition coefficient (Wildman–Crippen LogP) is 5.44. The number of benzene rings is 3. The molecule has 2 heteroatoms. The van der Waals surface area contributed by atoms with Gasteiger partial charge in [0, 0.05) is 0 Å². The Morgan fingerprint density at radius 2 is 1.50 bits per heavy atom. The summed E-state index contributed by atoms with van der Waals surface area (Å²) in [5, 5.41) is 9.80. The first kappa shape index (κ1) is 14.7. The van der Waals surface area contributed by atoms with E-state index in [1.54, 1.807) is 6.07 Å². The zero-order chi connectivity index (χ0) is 16.5. The van der Waals surface area contributed by atoms with Crippen molar-refractivity contribution in [3.8, 4) is 5.75 Å². The van der Waals surface area contributed by atoms with E-state index in [0.717, 1.165) is 35.1 Å². The summed E-state index contributed by atoms with van der Waals surface area (Å²) in [6.45, 7) is 0. The molecule has 0 saturated carbocycles. The second-order valence-corrected chi connectivity index (χ2v) is 6.07. The molecule has 0 spiro atoms. The van der Waals surface area contributed by atoms with E-state index in [0.29, 0.717) is 5.75 Å². The molecule has 118 valence electrons. The summed E-state index contributed by atoms with van der Waals surface area (Å²) in [5.74, 6) is 0.0770. The lowest BCUT2D eigenvalue weighted by molar-refractivity contribution is 0.474. The van der Waals surface area contributed by atoms with Crippen molar-refractivity contribution in [2.45, 2.75) is 12.8 Å². The molecule has 0 unspecified atom stereocenters. The smallest absolute Gasteiger partial charge is 0.123 e. The Morgan fingerprint density at radius 1 is 0.750 bits per heavy atom. The van der Waals surface area contributed by atoms with Gasteiger partial charge in [0.15, 0.2) is 0 Å². The van der Waals surface area contributed by atoms with E-state index in [1.807, 2.05) is 42.5 Å². The van der Waals surface area contributed by atoms with E-state index in [4.69, 9.17) is 0 Å². The first-order valence-electron chi connectivity index (χ1n) is 8.09. The van der Waals surface area contributed by atoms with Gasteiger partial charge in [0.05, 0.1) is 0 Å². The molecule has 0 bridgehead atoms. The minimum Gasteiger partial charge on any atom is -0.508 e. The maximum Gasteiger partial charge on any atom is 0.123 e. The number of phenolic OH excluding ortho intramolecular Hbond substituents is 1. The molecule has 24 heavy (non-hydrogen) atoms. The summed E-state index contributed by atoms with van der Waals surface area (Å²) in [7, 11) is 0. The standard InChI is InChI=1S/C22H17FO/c23-18-9-6-15(7-10-18)20-12-8-17-14-19(24)11-13-21(17)22(20)16-4-2-1-3-5-16/h1-7,9-11,13-14,24H,8,12H2. The molecule has 0 atom stereocenters. The molecule has 1 aliphatic rings. The lowest BCUT2D eigenvalue weighted by atomic mass is 9.80. The van der Waals surface area contributed by atoms with E-state index in [2.05, 4.69) is 12.1 Å². The first-order valence-corrected chi connectivity index (χ1v) is 8.09. The third-order valence-electron chi connectivity index (χ3n) is 4.56. The van der Waals surface area contributed by atoms with Gasteiger partial charge in [0.1, 0.15) is 11.6 Å². The van der Waals surface area contributed by atoms with E-state index >= 15 is 0 Å². The van der Waals surface area contributed by atoms with Crippen molar-refractivity contribution in [2.24, 2.45) is 0 Å². The molecule has 0 fully saturated rings. The van der Waals surface area contributed by atoms with E-state index in [1.165, 1.54) is 23.3 Å². The summed E-state index contributed by atoms with van der Waals surface area (Å²) in [5.41, 5.74) is 6.88. The third-order valence-corrected chi connectivity index (χ3v) is 4.56. The Morgan fingerprint density at radius 3 is 2.25 bits per heavy atom. The van der Waals surface area contributed by atoms with E-state index in [-0.39, 0.29) is 5.82 Å². The fourth-order valence-electron chi connectivity index (χ4n) is 3.45. The maximum atomic E-state index is 13.3. The minimum absolute atomic E-state index is 0.221. The van der Waals surface area contributed by atoms with Crippen LogP contribution in [0, 0.1) is 5.82 Å². The molecular formula is C22H17FO. The van der Waals surface area contributed by atoms with Crippen LogP contribution in [0.25, 0.3) is 11.1 Å². The molecule has 3 aromatic rings. The highest BCUT2D eigenvalue weighted by atomic mass is 19.1. The average molecular weight is 316 g/mol. The van der Waals surface area contributed by atoms with Crippen molar-refractivity contribution in [1.82, 2.24) is 0 Å². The highest BCUT2D eigenvalue weighted by Crippen LogP contribution is 2.41. The molecule has 0 radical (unpaired) electrons. The Balaban J connectivity index is 1.98. The second kappa shape index (κ2) is 5.97. The number of aromatic hydroxyl groups is 1. The molecule has 4 rings (SSSR count). The Kier molecular flexibility index (Phi) is 3.66. The van der Waals surface area contributed by atoms with Crippen LogP contribution in [0.15, 0.2) is 72.8 Å². The lowest BCUT2D eigenvalue weighted by Gasteiger charge is -2.24. The quantitative estimate of drug-likeness (QED) is 0.668. The molecule has 0 heterocycles. The lowest BCUT2D eigenvalue weighted by Crippen LogP contribution is -2.06. The number of fused-ring (bicyclic) bond motifs is 1. The number of halogens is 1. The highest BCUT2D eigenvalue weighted by Gasteiger charge is 2.21. The van der Waals surface area contributed by atoms with Gasteiger partial charge < -0.3 is 5.11 Å². The van der Waals surface area contributed by atoms with Gasteiger partial charge in [-0.1, -0.05) is 48.5 Å². The minimum atomic E-state index is -0.221. The van der Waals surface area contributed by atoms with Crippen LogP contribution < -0.4 is 0 Å². The zero-order valence-electron chi connectivity index (χ0n) is 13.2. The summed E-state index contributed by atoms with van der Waals surface area (Å²) in [4.78, 5) is 0. The molecule has 0 aliphatic heterocycles. The topological polar surface area (TPSA) is 20.2 Å². The van der Waals surface area contributed by atoms with Crippen LogP contribution in [-0.2, 0) is 6.42 Å². The van der Waals surface area contributed by atoms with E-state index < -0.39 is 0 Å². The zero-order valence-corrected chi connectivity index (χ0v) is 13.2. The molecular weight excluding hydrogens is 299 g/mol. The Hall–Kier alpha value is -2.87. The molecule has 0 saturated heterocycles. The van der Waals surface area contributed by atoms with Gasteiger partial charge in [-0.15, -0.1) is 0 Å². The number of allylic oxidation sites excluding steroid dienone is 1. The van der Waals surface area contributed by atoms with Crippen molar-refractivity contribution < 1.29 is 9.50 Å². The number of phenols is 1. The number of rotatable bonds is 2. The summed E-state index contributed by atoms with van der Waals surface area (Å²) < 4.78 is 13.3. The van der Waals surface area contributed by atoms with Crippen LogP contribution in [0.4, 0.5) is 4.39 Å². The van der Waals surface area contributed by atoms with Gasteiger partial charge in [-0.3, -0.25) is 0 Å². The van der Waals surface area contributed by atoms with E-state index in [9.17, 15) is 9.50 Å². The van der Waals surface area contributed by atoms with Gasteiger partial charge in [-0.2, -0.15) is 0 Å².